The first-order valence-corrected chi connectivity index (χ1v) is 6.60. The Bertz CT molecular complexity index is 611. The van der Waals surface area contributed by atoms with Crippen LogP contribution in [0.15, 0.2) is 28.4 Å². The van der Waals surface area contributed by atoms with Crippen LogP contribution in [0, 0.1) is 5.82 Å². The van der Waals surface area contributed by atoms with E-state index < -0.39 is 34.9 Å². The zero-order chi connectivity index (χ0) is 15.8. The maximum absolute atomic E-state index is 13.7. The topological polar surface area (TPSA) is 84.9 Å². The van der Waals surface area contributed by atoms with Gasteiger partial charge >= 0.3 is 11.9 Å². The number of ether oxygens (including phenoxy) is 2. The molecule has 0 aromatic heterocycles. The molecule has 112 valence electrons. The molecular weight excluding hydrogens is 349 g/mol. The molecular formula is C13H11BrFNO5. The maximum Gasteiger partial charge on any atom is 0.350 e. The molecule has 21 heavy (non-hydrogen) atoms. The van der Waals surface area contributed by atoms with E-state index in [4.69, 9.17) is 9.47 Å². The summed E-state index contributed by atoms with van der Waals surface area (Å²) in [6.45, 7) is 2.82. The van der Waals surface area contributed by atoms with Gasteiger partial charge in [0.25, 0.3) is 5.79 Å². The highest BCUT2D eigenvalue weighted by molar-refractivity contribution is 9.10. The Morgan fingerprint density at radius 1 is 1.29 bits per heavy atom. The van der Waals surface area contributed by atoms with Crippen molar-refractivity contribution in [3.05, 3.63) is 34.2 Å². The molecule has 2 rings (SSSR count). The summed E-state index contributed by atoms with van der Waals surface area (Å²) in [6, 6.07) is 2.37. The normalized spacial score (nSPS) is 17.0. The van der Waals surface area contributed by atoms with Gasteiger partial charge in [0.15, 0.2) is 11.4 Å². The highest BCUT2D eigenvalue weighted by Crippen LogP contribution is 2.31. The van der Waals surface area contributed by atoms with Crippen molar-refractivity contribution >= 4 is 33.6 Å². The minimum atomic E-state index is -1.35. The number of aromatic hydroxyl groups is 1. The number of hydrogen-bond acceptors (Lipinski definition) is 6. The van der Waals surface area contributed by atoms with Gasteiger partial charge in [-0.3, -0.25) is 0 Å². The van der Waals surface area contributed by atoms with Gasteiger partial charge in [-0.25, -0.2) is 14.0 Å². The summed E-state index contributed by atoms with van der Waals surface area (Å²) in [5.41, 5.74) is -0.716. The summed E-state index contributed by atoms with van der Waals surface area (Å²) >= 11 is 3.01. The Labute approximate surface area is 127 Å². The lowest BCUT2D eigenvalue weighted by atomic mass is 10.2. The molecule has 2 N–H and O–H groups in total. The van der Waals surface area contributed by atoms with Crippen molar-refractivity contribution in [3.63, 3.8) is 0 Å². The maximum atomic E-state index is 13.7. The molecule has 1 heterocycles. The predicted molar refractivity (Wildman–Crippen MR) is 73.7 cm³/mol. The molecule has 1 aliphatic rings. The Hall–Kier alpha value is -2.09. The largest absolute Gasteiger partial charge is 0.506 e. The molecule has 6 nitrogen and oxygen atoms in total. The lowest BCUT2D eigenvalue weighted by molar-refractivity contribution is -0.222. The van der Waals surface area contributed by atoms with Gasteiger partial charge in [-0.1, -0.05) is 15.9 Å². The van der Waals surface area contributed by atoms with E-state index in [0.717, 1.165) is 12.3 Å². The average Bonchev–Trinajstić information content (AvgIpc) is 2.29. The fourth-order valence-corrected chi connectivity index (χ4v) is 2.04. The summed E-state index contributed by atoms with van der Waals surface area (Å²) < 4.78 is 23.8. The van der Waals surface area contributed by atoms with Crippen LogP contribution in [0.1, 0.15) is 13.8 Å². The molecule has 8 heteroatoms. The van der Waals surface area contributed by atoms with Crippen LogP contribution >= 0.6 is 15.9 Å². The van der Waals surface area contributed by atoms with Crippen molar-refractivity contribution < 1.29 is 28.6 Å². The van der Waals surface area contributed by atoms with Gasteiger partial charge in [-0.05, 0) is 12.1 Å². The zero-order valence-corrected chi connectivity index (χ0v) is 12.7. The van der Waals surface area contributed by atoms with E-state index in [9.17, 15) is 19.1 Å². The number of carbonyl (C=O) groups excluding carboxylic acids is 2. The van der Waals surface area contributed by atoms with E-state index in [1.807, 2.05) is 0 Å². The molecule has 0 unspecified atom stereocenters. The van der Waals surface area contributed by atoms with Gasteiger partial charge in [-0.2, -0.15) is 0 Å². The van der Waals surface area contributed by atoms with E-state index in [1.165, 1.54) is 19.9 Å². The fraction of sp³-hybridized carbons (Fsp3) is 0.231. The number of nitrogens with one attached hydrogen (secondary N) is 1. The Kier molecular flexibility index (Phi) is 3.91. The number of anilines is 1. The highest BCUT2D eigenvalue weighted by Gasteiger charge is 2.39. The summed E-state index contributed by atoms with van der Waals surface area (Å²) in [7, 11) is 0. The molecule has 1 fully saturated rings. The number of phenolic OH excluding ortho intramolecular Hbond substituents is 1. The molecule has 0 atom stereocenters. The highest BCUT2D eigenvalue weighted by atomic mass is 79.9. The van der Waals surface area contributed by atoms with Crippen LogP contribution in [0.3, 0.4) is 0 Å². The summed E-state index contributed by atoms with van der Waals surface area (Å²) in [5, 5.41) is 12.0. The third-order valence-electron chi connectivity index (χ3n) is 2.51. The molecule has 0 aliphatic carbocycles. The van der Waals surface area contributed by atoms with Crippen molar-refractivity contribution in [2.75, 3.05) is 5.32 Å². The quantitative estimate of drug-likeness (QED) is 0.365. The molecule has 0 spiro atoms. The molecule has 0 radical (unpaired) electrons. The summed E-state index contributed by atoms with van der Waals surface area (Å²) in [6.07, 6.45) is 0.923. The fourth-order valence-electron chi connectivity index (χ4n) is 1.63. The van der Waals surface area contributed by atoms with Gasteiger partial charge < -0.3 is 19.9 Å². The van der Waals surface area contributed by atoms with Gasteiger partial charge in [0.1, 0.15) is 11.4 Å². The van der Waals surface area contributed by atoms with Crippen LogP contribution < -0.4 is 5.32 Å². The van der Waals surface area contributed by atoms with Gasteiger partial charge in [0.05, 0.1) is 0 Å². The van der Waals surface area contributed by atoms with Gasteiger partial charge in [0, 0.05) is 24.5 Å². The Balaban J connectivity index is 2.26. The average molecular weight is 360 g/mol. The van der Waals surface area contributed by atoms with Crippen LogP contribution in [-0.4, -0.2) is 22.8 Å². The molecule has 1 aromatic carbocycles. The monoisotopic (exact) mass is 359 g/mol. The van der Waals surface area contributed by atoms with Crippen molar-refractivity contribution in [2.45, 2.75) is 19.6 Å². The van der Waals surface area contributed by atoms with Crippen LogP contribution in [0.4, 0.5) is 10.1 Å². The number of hydrogen-bond donors (Lipinski definition) is 2. The Morgan fingerprint density at radius 3 is 2.38 bits per heavy atom. The van der Waals surface area contributed by atoms with E-state index in [-0.39, 0.29) is 5.69 Å². The van der Waals surface area contributed by atoms with Crippen LogP contribution in [0.2, 0.25) is 0 Å². The van der Waals surface area contributed by atoms with Gasteiger partial charge in [-0.15, -0.1) is 0 Å². The van der Waals surface area contributed by atoms with Gasteiger partial charge in [0.2, 0.25) is 0 Å². The zero-order valence-electron chi connectivity index (χ0n) is 11.1. The van der Waals surface area contributed by atoms with Crippen molar-refractivity contribution in [1.29, 1.82) is 0 Å². The minimum Gasteiger partial charge on any atom is -0.506 e. The van der Waals surface area contributed by atoms with Crippen molar-refractivity contribution in [3.8, 4) is 5.75 Å². The van der Waals surface area contributed by atoms with Crippen LogP contribution in [0.5, 0.6) is 5.75 Å². The molecule has 0 bridgehead atoms. The summed E-state index contributed by atoms with van der Waals surface area (Å²) in [4.78, 5) is 23.3. The van der Waals surface area contributed by atoms with E-state index >= 15 is 0 Å². The smallest absolute Gasteiger partial charge is 0.350 e. The van der Waals surface area contributed by atoms with Crippen LogP contribution in [0.25, 0.3) is 0 Å². The predicted octanol–water partition coefficient (Wildman–Crippen LogP) is 2.43. The number of rotatable bonds is 2. The lowest BCUT2D eigenvalue weighted by Gasteiger charge is -2.29. The third-order valence-corrected chi connectivity index (χ3v) is 2.97. The molecule has 1 saturated heterocycles. The SMILES string of the molecule is CC1(C)OC(=O)C(=CNc2c(O)cc(Br)cc2F)C(=O)O1. The minimum absolute atomic E-state index is 0.281. The number of carbonyl (C=O) groups is 2. The standard InChI is InChI=1S/C13H11BrFNO5/c1-13(2)20-11(18)7(12(19)21-13)5-16-10-8(15)3-6(14)4-9(10)17/h3-5,16-17H,1-2H3. The molecule has 0 amide bonds. The van der Waals surface area contributed by atoms with E-state index in [1.54, 1.807) is 0 Å². The number of halogens is 2. The Morgan fingerprint density at radius 2 is 1.86 bits per heavy atom. The van der Waals surface area contributed by atoms with E-state index in [2.05, 4.69) is 21.2 Å². The second kappa shape index (κ2) is 5.36. The second-order valence-electron chi connectivity index (χ2n) is 4.66. The molecule has 0 saturated carbocycles. The van der Waals surface area contributed by atoms with E-state index in [0.29, 0.717) is 4.47 Å². The number of phenols is 1. The first-order chi connectivity index (χ1) is 9.69. The van der Waals surface area contributed by atoms with Crippen molar-refractivity contribution in [2.24, 2.45) is 0 Å². The third kappa shape index (κ3) is 3.33. The number of cyclic esters (lactones) is 2. The first kappa shape index (κ1) is 15.3. The second-order valence-corrected chi connectivity index (χ2v) is 5.58. The van der Waals surface area contributed by atoms with Crippen molar-refractivity contribution in [1.82, 2.24) is 0 Å². The van der Waals surface area contributed by atoms with Crippen LogP contribution in [-0.2, 0) is 19.1 Å². The molecule has 1 aliphatic heterocycles. The first-order valence-electron chi connectivity index (χ1n) is 5.81. The lowest BCUT2D eigenvalue weighted by Crippen LogP contribution is -2.42. The summed E-state index contributed by atoms with van der Waals surface area (Å²) in [5.74, 6) is -4.31. The molecule has 1 aromatic rings. The number of benzene rings is 1. The number of esters is 2.